The number of likely N-dealkylation sites (N-methyl/N-ethyl adjacent to an activating group) is 1. The normalized spacial score (nSPS) is 16.7. The van der Waals surface area contributed by atoms with Gasteiger partial charge in [0.25, 0.3) is 5.91 Å². The molecule has 0 saturated carbocycles. The maximum atomic E-state index is 12.2. The monoisotopic (exact) mass is 268 g/mol. The van der Waals surface area contributed by atoms with E-state index in [1.54, 1.807) is 11.9 Å². The van der Waals surface area contributed by atoms with Crippen molar-refractivity contribution in [3.05, 3.63) is 23.2 Å². The number of carbonyl (C=O) groups excluding carboxylic acids is 2. The van der Waals surface area contributed by atoms with Crippen molar-refractivity contribution in [1.82, 2.24) is 19.8 Å². The number of nitrogens with zero attached hydrogens (tertiary/aromatic N) is 4. The summed E-state index contributed by atoms with van der Waals surface area (Å²) in [6.07, 6.45) is 3.47. The lowest BCUT2D eigenvalue weighted by atomic mass is 10.3. The van der Waals surface area contributed by atoms with Gasteiger partial charge in [0.2, 0.25) is 5.91 Å². The van der Waals surface area contributed by atoms with Crippen molar-refractivity contribution in [2.24, 2.45) is 0 Å². The van der Waals surface area contributed by atoms with Crippen LogP contribution in [0.2, 0.25) is 5.15 Å². The van der Waals surface area contributed by atoms with E-state index in [2.05, 4.69) is 9.97 Å². The summed E-state index contributed by atoms with van der Waals surface area (Å²) in [5, 5.41) is 0.166. The first-order chi connectivity index (χ1) is 8.58. The molecule has 0 bridgehead atoms. The van der Waals surface area contributed by atoms with Gasteiger partial charge in [-0.05, 0) is 6.42 Å². The topological polar surface area (TPSA) is 66.4 Å². The van der Waals surface area contributed by atoms with Crippen LogP contribution in [0.3, 0.4) is 0 Å². The fourth-order valence-electron chi connectivity index (χ4n) is 1.77. The standard InChI is InChI=1S/C11H13ClN4O2/c1-15-3-2-4-16(7-10(15)17)11(18)8-5-13-6-9(12)14-8/h5-6H,2-4,7H2,1H3. The van der Waals surface area contributed by atoms with Crippen LogP contribution >= 0.6 is 11.6 Å². The summed E-state index contributed by atoms with van der Waals surface area (Å²) in [5.41, 5.74) is 0.167. The van der Waals surface area contributed by atoms with Crippen LogP contribution in [0.1, 0.15) is 16.9 Å². The van der Waals surface area contributed by atoms with Gasteiger partial charge in [-0.25, -0.2) is 4.98 Å². The van der Waals surface area contributed by atoms with Crippen LogP contribution in [0.5, 0.6) is 0 Å². The lowest BCUT2D eigenvalue weighted by molar-refractivity contribution is -0.129. The maximum absolute atomic E-state index is 12.2. The Morgan fingerprint density at radius 3 is 2.89 bits per heavy atom. The smallest absolute Gasteiger partial charge is 0.274 e. The van der Waals surface area contributed by atoms with Gasteiger partial charge in [0, 0.05) is 20.1 Å². The quantitative estimate of drug-likeness (QED) is 0.741. The predicted octanol–water partition coefficient (Wildman–Crippen LogP) is 0.434. The average molecular weight is 269 g/mol. The van der Waals surface area contributed by atoms with Crippen molar-refractivity contribution in [3.63, 3.8) is 0 Å². The molecule has 0 spiro atoms. The van der Waals surface area contributed by atoms with Gasteiger partial charge < -0.3 is 9.80 Å². The number of halogens is 1. The summed E-state index contributed by atoms with van der Waals surface area (Å²) in [4.78, 5) is 34.7. The van der Waals surface area contributed by atoms with Crippen molar-refractivity contribution in [1.29, 1.82) is 0 Å². The summed E-state index contributed by atoms with van der Waals surface area (Å²) < 4.78 is 0. The largest absolute Gasteiger partial charge is 0.344 e. The zero-order chi connectivity index (χ0) is 13.1. The molecule has 96 valence electrons. The van der Waals surface area contributed by atoms with E-state index >= 15 is 0 Å². The molecule has 1 aliphatic rings. The van der Waals surface area contributed by atoms with Crippen LogP contribution in [0.15, 0.2) is 12.4 Å². The highest BCUT2D eigenvalue weighted by molar-refractivity contribution is 6.29. The fraction of sp³-hybridized carbons (Fsp3) is 0.455. The van der Waals surface area contributed by atoms with E-state index in [9.17, 15) is 9.59 Å². The van der Waals surface area contributed by atoms with E-state index in [0.717, 1.165) is 6.42 Å². The highest BCUT2D eigenvalue weighted by Gasteiger charge is 2.24. The molecule has 1 aliphatic heterocycles. The molecule has 0 radical (unpaired) electrons. The molecule has 1 aromatic rings. The Morgan fingerprint density at radius 1 is 1.39 bits per heavy atom. The molecule has 2 heterocycles. The van der Waals surface area contributed by atoms with Crippen LogP contribution in [-0.4, -0.2) is 58.3 Å². The Bertz CT molecular complexity index is 480. The molecule has 0 unspecified atom stereocenters. The molecule has 2 amide bonds. The molecular weight excluding hydrogens is 256 g/mol. The Morgan fingerprint density at radius 2 is 2.17 bits per heavy atom. The zero-order valence-electron chi connectivity index (χ0n) is 9.97. The van der Waals surface area contributed by atoms with Crippen molar-refractivity contribution in [2.45, 2.75) is 6.42 Å². The number of amides is 2. The first-order valence-corrected chi connectivity index (χ1v) is 5.96. The van der Waals surface area contributed by atoms with E-state index in [1.807, 2.05) is 0 Å². The highest BCUT2D eigenvalue weighted by atomic mass is 35.5. The number of hydrogen-bond acceptors (Lipinski definition) is 4. The molecule has 1 aromatic heterocycles. The van der Waals surface area contributed by atoms with Gasteiger partial charge in [-0.3, -0.25) is 14.6 Å². The molecule has 7 heteroatoms. The Kier molecular flexibility index (Phi) is 3.76. The van der Waals surface area contributed by atoms with E-state index in [4.69, 9.17) is 11.6 Å². The SMILES string of the molecule is CN1CCCN(C(=O)c2cncc(Cl)n2)CC1=O. The van der Waals surface area contributed by atoms with Crippen molar-refractivity contribution < 1.29 is 9.59 Å². The van der Waals surface area contributed by atoms with Gasteiger partial charge in [0.1, 0.15) is 17.4 Å². The predicted molar refractivity (Wildman–Crippen MR) is 65.2 cm³/mol. The van der Waals surface area contributed by atoms with Crippen LogP contribution in [0.25, 0.3) is 0 Å². The van der Waals surface area contributed by atoms with Crippen LogP contribution in [0, 0.1) is 0 Å². The Labute approximate surface area is 110 Å². The van der Waals surface area contributed by atoms with Gasteiger partial charge in [0.05, 0.1) is 12.4 Å². The second-order valence-corrected chi connectivity index (χ2v) is 4.51. The third-order valence-corrected chi connectivity index (χ3v) is 2.97. The Hall–Kier alpha value is -1.69. The lowest BCUT2D eigenvalue weighted by Crippen LogP contribution is -2.38. The van der Waals surface area contributed by atoms with E-state index < -0.39 is 0 Å². The van der Waals surface area contributed by atoms with E-state index in [0.29, 0.717) is 13.1 Å². The zero-order valence-corrected chi connectivity index (χ0v) is 10.7. The minimum Gasteiger partial charge on any atom is -0.344 e. The summed E-state index contributed by atoms with van der Waals surface area (Å²) in [7, 11) is 1.73. The third kappa shape index (κ3) is 2.76. The summed E-state index contributed by atoms with van der Waals surface area (Å²) in [6, 6.07) is 0. The second kappa shape index (κ2) is 5.30. The lowest BCUT2D eigenvalue weighted by Gasteiger charge is -2.19. The highest BCUT2D eigenvalue weighted by Crippen LogP contribution is 2.09. The minimum absolute atomic E-state index is 0.0729. The fourth-order valence-corrected chi connectivity index (χ4v) is 1.91. The summed E-state index contributed by atoms with van der Waals surface area (Å²) >= 11 is 5.69. The van der Waals surface area contributed by atoms with Gasteiger partial charge in [-0.15, -0.1) is 0 Å². The molecule has 0 atom stereocenters. The summed E-state index contributed by atoms with van der Waals surface area (Å²) in [5.74, 6) is -0.385. The number of carbonyl (C=O) groups is 2. The number of rotatable bonds is 1. The van der Waals surface area contributed by atoms with Gasteiger partial charge >= 0.3 is 0 Å². The van der Waals surface area contributed by atoms with Crippen molar-refractivity contribution >= 4 is 23.4 Å². The minimum atomic E-state index is -0.311. The maximum Gasteiger partial charge on any atom is 0.274 e. The molecule has 6 nitrogen and oxygen atoms in total. The van der Waals surface area contributed by atoms with Crippen molar-refractivity contribution in [3.8, 4) is 0 Å². The second-order valence-electron chi connectivity index (χ2n) is 4.12. The van der Waals surface area contributed by atoms with Gasteiger partial charge in [0.15, 0.2) is 0 Å². The molecule has 18 heavy (non-hydrogen) atoms. The van der Waals surface area contributed by atoms with E-state index in [1.165, 1.54) is 17.3 Å². The van der Waals surface area contributed by atoms with Crippen molar-refractivity contribution in [2.75, 3.05) is 26.7 Å². The molecule has 1 fully saturated rings. The Balaban J connectivity index is 2.16. The molecule has 0 N–H and O–H groups in total. The molecular formula is C11H13ClN4O2. The van der Waals surface area contributed by atoms with Crippen LogP contribution < -0.4 is 0 Å². The van der Waals surface area contributed by atoms with Gasteiger partial charge in [-0.1, -0.05) is 11.6 Å². The average Bonchev–Trinajstić information content (AvgIpc) is 2.51. The summed E-state index contributed by atoms with van der Waals surface area (Å²) in [6.45, 7) is 1.26. The molecule has 0 aliphatic carbocycles. The first kappa shape index (κ1) is 12.8. The molecule has 2 rings (SSSR count). The van der Waals surface area contributed by atoms with Crippen LogP contribution in [0.4, 0.5) is 0 Å². The number of hydrogen-bond donors (Lipinski definition) is 0. The number of aromatic nitrogens is 2. The van der Waals surface area contributed by atoms with E-state index in [-0.39, 0.29) is 29.2 Å². The molecule has 1 saturated heterocycles. The first-order valence-electron chi connectivity index (χ1n) is 5.58. The van der Waals surface area contributed by atoms with Gasteiger partial charge in [-0.2, -0.15) is 0 Å². The molecule has 0 aromatic carbocycles. The van der Waals surface area contributed by atoms with Crippen LogP contribution in [-0.2, 0) is 4.79 Å². The third-order valence-electron chi connectivity index (χ3n) is 2.78.